The Kier molecular flexibility index (Phi) is 4.37. The summed E-state index contributed by atoms with van der Waals surface area (Å²) in [5.74, 6) is 0.798. The van der Waals surface area contributed by atoms with Gasteiger partial charge in [-0.25, -0.2) is 0 Å². The highest BCUT2D eigenvalue weighted by Crippen LogP contribution is 2.24. The van der Waals surface area contributed by atoms with Crippen molar-refractivity contribution in [3.8, 4) is 0 Å². The molecule has 4 heteroatoms. The van der Waals surface area contributed by atoms with Crippen LogP contribution >= 0.6 is 11.6 Å². The van der Waals surface area contributed by atoms with Crippen molar-refractivity contribution in [2.75, 3.05) is 11.2 Å². The molecule has 0 saturated heterocycles. The number of fused-ring (bicyclic) bond motifs is 1. The molecule has 18 heavy (non-hydrogen) atoms. The molecule has 0 atom stereocenters. The molecule has 0 aromatic heterocycles. The lowest BCUT2D eigenvalue weighted by atomic mass is 9.97. The molecule has 3 nitrogen and oxygen atoms in total. The number of halogens is 1. The molecule has 1 aromatic carbocycles. The highest BCUT2D eigenvalue weighted by atomic mass is 35.5. The topological polar surface area (TPSA) is 46.2 Å². The van der Waals surface area contributed by atoms with Crippen molar-refractivity contribution in [3.05, 3.63) is 29.3 Å². The molecular formula is C14H16ClNO2. The number of aryl methyl sites for hydroxylation is 1. The Morgan fingerprint density at radius 3 is 2.89 bits per heavy atom. The van der Waals surface area contributed by atoms with Crippen LogP contribution in [0, 0.1) is 0 Å². The molecule has 2 rings (SSSR count). The van der Waals surface area contributed by atoms with Crippen molar-refractivity contribution in [1.82, 2.24) is 0 Å². The zero-order valence-electron chi connectivity index (χ0n) is 10.2. The molecule has 0 radical (unpaired) electrons. The maximum atomic E-state index is 11.9. The maximum Gasteiger partial charge on any atom is 0.224 e. The van der Waals surface area contributed by atoms with Gasteiger partial charge in [-0.2, -0.15) is 0 Å². The number of rotatable bonds is 5. The summed E-state index contributed by atoms with van der Waals surface area (Å²) < 4.78 is 0. The van der Waals surface area contributed by atoms with Gasteiger partial charge in [0.25, 0.3) is 0 Å². The first-order valence-electron chi connectivity index (χ1n) is 6.22. The van der Waals surface area contributed by atoms with Crippen molar-refractivity contribution >= 4 is 29.0 Å². The highest BCUT2D eigenvalue weighted by molar-refractivity contribution is 6.17. The molecule has 96 valence electrons. The summed E-state index contributed by atoms with van der Waals surface area (Å²) in [6.07, 6.45) is 3.45. The van der Waals surface area contributed by atoms with E-state index in [2.05, 4.69) is 5.32 Å². The van der Waals surface area contributed by atoms with Gasteiger partial charge in [0.15, 0.2) is 5.78 Å². The largest absolute Gasteiger partial charge is 0.326 e. The van der Waals surface area contributed by atoms with Gasteiger partial charge in [0.05, 0.1) is 0 Å². The van der Waals surface area contributed by atoms with E-state index >= 15 is 0 Å². The van der Waals surface area contributed by atoms with E-state index in [1.54, 1.807) is 6.07 Å². The zero-order chi connectivity index (χ0) is 13.0. The quantitative estimate of drug-likeness (QED) is 0.505. The highest BCUT2D eigenvalue weighted by Gasteiger charge is 2.16. The average Bonchev–Trinajstić information content (AvgIpc) is 2.38. The average molecular weight is 266 g/mol. The third-order valence-corrected chi connectivity index (χ3v) is 3.38. The first-order valence-corrected chi connectivity index (χ1v) is 6.76. The predicted octanol–water partition coefficient (Wildman–Crippen LogP) is 3.16. The van der Waals surface area contributed by atoms with Crippen LogP contribution in [0.3, 0.4) is 0 Å². The van der Waals surface area contributed by atoms with Crippen LogP contribution in [0.15, 0.2) is 18.2 Å². The summed E-state index contributed by atoms with van der Waals surface area (Å²) >= 11 is 5.59. The van der Waals surface area contributed by atoms with E-state index in [9.17, 15) is 9.59 Å². The third kappa shape index (κ3) is 3.10. The van der Waals surface area contributed by atoms with Crippen molar-refractivity contribution < 1.29 is 9.59 Å². The molecule has 0 bridgehead atoms. The van der Waals surface area contributed by atoms with E-state index in [0.717, 1.165) is 29.7 Å². The third-order valence-electron chi connectivity index (χ3n) is 3.11. The number of anilines is 1. The van der Waals surface area contributed by atoms with Crippen LogP contribution in [0.5, 0.6) is 0 Å². The molecule has 1 aliphatic heterocycles. The molecule has 1 aromatic rings. The van der Waals surface area contributed by atoms with Gasteiger partial charge >= 0.3 is 0 Å². The Morgan fingerprint density at radius 1 is 1.28 bits per heavy atom. The van der Waals surface area contributed by atoms with E-state index < -0.39 is 0 Å². The summed E-state index contributed by atoms with van der Waals surface area (Å²) in [5, 5.41) is 2.81. The van der Waals surface area contributed by atoms with Crippen molar-refractivity contribution in [2.45, 2.75) is 32.1 Å². The fourth-order valence-electron chi connectivity index (χ4n) is 2.08. The summed E-state index contributed by atoms with van der Waals surface area (Å²) in [5.41, 5.74) is 2.63. The van der Waals surface area contributed by atoms with E-state index in [0.29, 0.717) is 25.1 Å². The number of hydrogen-bond acceptors (Lipinski definition) is 2. The molecule has 1 N–H and O–H groups in total. The fraction of sp³-hybridized carbons (Fsp3) is 0.429. The van der Waals surface area contributed by atoms with Crippen molar-refractivity contribution in [1.29, 1.82) is 0 Å². The van der Waals surface area contributed by atoms with Crippen LogP contribution in [-0.2, 0) is 11.2 Å². The second-order valence-corrected chi connectivity index (χ2v) is 4.87. The van der Waals surface area contributed by atoms with Gasteiger partial charge in [0, 0.05) is 30.0 Å². The number of nitrogens with one attached hydrogen (secondary N) is 1. The van der Waals surface area contributed by atoms with E-state index in [1.807, 2.05) is 12.1 Å². The number of Topliss-reactive ketones (excluding diaryl/α,β-unsaturated/α-hetero) is 1. The lowest BCUT2D eigenvalue weighted by Gasteiger charge is -2.17. The predicted molar refractivity (Wildman–Crippen MR) is 72.3 cm³/mol. The Balaban J connectivity index is 2.06. The molecule has 1 amide bonds. The number of amides is 1. The van der Waals surface area contributed by atoms with Crippen LogP contribution in [0.4, 0.5) is 5.69 Å². The lowest BCUT2D eigenvalue weighted by Crippen LogP contribution is -2.19. The minimum Gasteiger partial charge on any atom is -0.326 e. The summed E-state index contributed by atoms with van der Waals surface area (Å²) in [6.45, 7) is 0. The van der Waals surface area contributed by atoms with Crippen LogP contribution in [0.1, 0.15) is 41.6 Å². The standard InChI is InChI=1S/C14H16ClNO2/c15-8-2-1-3-13(17)11-4-6-12-10(9-11)5-7-14(18)16-12/h4,6,9H,1-3,5,7-8H2,(H,16,18). The van der Waals surface area contributed by atoms with Crippen LogP contribution < -0.4 is 5.32 Å². The maximum absolute atomic E-state index is 11.9. The first-order chi connectivity index (χ1) is 8.70. The number of unbranched alkanes of at least 4 members (excludes halogenated alkanes) is 1. The van der Waals surface area contributed by atoms with Gasteiger partial charge in [-0.3, -0.25) is 9.59 Å². The Hall–Kier alpha value is -1.35. The molecule has 0 fully saturated rings. The summed E-state index contributed by atoms with van der Waals surface area (Å²) in [7, 11) is 0. The zero-order valence-corrected chi connectivity index (χ0v) is 10.9. The Labute approximate surface area is 112 Å². The van der Waals surface area contributed by atoms with Crippen molar-refractivity contribution in [3.63, 3.8) is 0 Å². The molecule has 1 aliphatic rings. The first kappa shape index (κ1) is 13.1. The van der Waals surface area contributed by atoms with Gasteiger partial charge < -0.3 is 5.32 Å². The number of alkyl halides is 1. The number of ketones is 1. The second kappa shape index (κ2) is 6.01. The summed E-state index contributed by atoms with van der Waals surface area (Å²) in [6, 6.07) is 5.51. The van der Waals surface area contributed by atoms with E-state index in [1.165, 1.54) is 0 Å². The normalized spacial score (nSPS) is 13.9. The molecule has 0 saturated carbocycles. The summed E-state index contributed by atoms with van der Waals surface area (Å²) in [4.78, 5) is 23.2. The minimum atomic E-state index is 0.0451. The Morgan fingerprint density at radius 2 is 2.11 bits per heavy atom. The van der Waals surface area contributed by atoms with Gasteiger partial charge in [-0.1, -0.05) is 0 Å². The number of benzene rings is 1. The van der Waals surface area contributed by atoms with Gasteiger partial charge in [-0.15, -0.1) is 11.6 Å². The minimum absolute atomic E-state index is 0.0451. The second-order valence-electron chi connectivity index (χ2n) is 4.49. The number of carbonyl (C=O) groups excluding carboxylic acids is 2. The van der Waals surface area contributed by atoms with Crippen LogP contribution in [0.25, 0.3) is 0 Å². The van der Waals surface area contributed by atoms with E-state index in [-0.39, 0.29) is 11.7 Å². The SMILES string of the molecule is O=C1CCc2cc(C(=O)CCCCCl)ccc2N1. The molecule has 0 spiro atoms. The van der Waals surface area contributed by atoms with Crippen molar-refractivity contribution in [2.24, 2.45) is 0 Å². The van der Waals surface area contributed by atoms with Gasteiger partial charge in [0.1, 0.15) is 0 Å². The number of hydrogen-bond donors (Lipinski definition) is 1. The van der Waals surface area contributed by atoms with Crippen LogP contribution in [-0.4, -0.2) is 17.6 Å². The molecule has 0 unspecified atom stereocenters. The fourth-order valence-corrected chi connectivity index (χ4v) is 2.27. The molecular weight excluding hydrogens is 250 g/mol. The Bertz CT molecular complexity index is 471. The van der Waals surface area contributed by atoms with Crippen LogP contribution in [0.2, 0.25) is 0 Å². The monoisotopic (exact) mass is 265 g/mol. The molecule has 1 heterocycles. The van der Waals surface area contributed by atoms with Gasteiger partial charge in [-0.05, 0) is 43.0 Å². The van der Waals surface area contributed by atoms with E-state index in [4.69, 9.17) is 11.6 Å². The van der Waals surface area contributed by atoms with Gasteiger partial charge in [0.2, 0.25) is 5.91 Å². The lowest BCUT2D eigenvalue weighted by molar-refractivity contribution is -0.116. The molecule has 0 aliphatic carbocycles. The number of carbonyl (C=O) groups is 2. The smallest absolute Gasteiger partial charge is 0.224 e.